The van der Waals surface area contributed by atoms with E-state index in [1.54, 1.807) is 6.20 Å². The molecular weight excluding hydrogens is 222 g/mol. The lowest BCUT2D eigenvalue weighted by Gasteiger charge is -2.00. The second-order valence-corrected chi connectivity index (χ2v) is 4.52. The van der Waals surface area contributed by atoms with Crippen LogP contribution in [-0.4, -0.2) is 22.4 Å². The van der Waals surface area contributed by atoms with E-state index in [9.17, 15) is 0 Å². The molecule has 1 N–H and O–H groups in total. The highest BCUT2D eigenvalue weighted by atomic mass is 35.5. The summed E-state index contributed by atoms with van der Waals surface area (Å²) < 4.78 is 1.91. The fourth-order valence-electron chi connectivity index (χ4n) is 1.64. The maximum absolute atomic E-state index is 6.05. The molecule has 1 aromatic rings. The summed E-state index contributed by atoms with van der Waals surface area (Å²) in [6.45, 7) is 3.97. The molecule has 1 heterocycles. The van der Waals surface area contributed by atoms with Crippen LogP contribution < -0.4 is 5.32 Å². The van der Waals surface area contributed by atoms with E-state index in [-0.39, 0.29) is 0 Å². The molecule has 0 bridgehead atoms. The van der Waals surface area contributed by atoms with Gasteiger partial charge < -0.3 is 5.32 Å². The lowest BCUT2D eigenvalue weighted by Crippen LogP contribution is -2.16. The maximum Gasteiger partial charge on any atom is 0.0859 e. The Hall–Kier alpha value is -0.800. The first-order valence-electron chi connectivity index (χ1n) is 5.92. The van der Waals surface area contributed by atoms with Gasteiger partial charge in [-0.2, -0.15) is 5.10 Å². The molecule has 3 nitrogen and oxygen atoms in total. The molecule has 0 aromatic carbocycles. The lowest BCUT2D eigenvalue weighted by molar-refractivity contribution is 0.653. The summed E-state index contributed by atoms with van der Waals surface area (Å²) >= 11 is 6.05. The molecule has 1 saturated carbocycles. The van der Waals surface area contributed by atoms with Gasteiger partial charge in [0, 0.05) is 12.6 Å². The van der Waals surface area contributed by atoms with E-state index in [1.165, 1.54) is 12.8 Å². The summed E-state index contributed by atoms with van der Waals surface area (Å²) in [5, 5.41) is 8.39. The first kappa shape index (κ1) is 11.7. The Morgan fingerprint density at radius 2 is 2.44 bits per heavy atom. The number of aryl methyl sites for hydroxylation is 1. The Balaban J connectivity index is 1.81. The van der Waals surface area contributed by atoms with E-state index < -0.39 is 0 Å². The molecule has 0 atom stereocenters. The smallest absolute Gasteiger partial charge is 0.0859 e. The van der Waals surface area contributed by atoms with Crippen LogP contribution in [0, 0.1) is 0 Å². The van der Waals surface area contributed by atoms with Crippen molar-refractivity contribution in [1.29, 1.82) is 0 Å². The molecule has 1 aliphatic carbocycles. The highest BCUT2D eigenvalue weighted by Gasteiger charge is 2.19. The molecule has 0 radical (unpaired) electrons. The van der Waals surface area contributed by atoms with Crippen LogP contribution >= 0.6 is 11.6 Å². The normalized spacial score (nSPS) is 16.1. The van der Waals surface area contributed by atoms with Crippen molar-refractivity contribution in [2.45, 2.75) is 38.8 Å². The number of hydrogen-bond acceptors (Lipinski definition) is 2. The third kappa shape index (κ3) is 3.09. The van der Waals surface area contributed by atoms with Crippen molar-refractivity contribution in [2.75, 3.05) is 6.54 Å². The lowest BCUT2D eigenvalue weighted by atomic mass is 10.3. The number of rotatable bonds is 6. The van der Waals surface area contributed by atoms with E-state index >= 15 is 0 Å². The molecule has 0 spiro atoms. The Labute approximate surface area is 101 Å². The zero-order valence-electron chi connectivity index (χ0n) is 9.62. The number of nitrogens with zero attached hydrogens (tertiary/aromatic N) is 2. The first-order valence-corrected chi connectivity index (χ1v) is 6.30. The molecule has 1 aromatic heterocycles. The molecule has 0 unspecified atom stereocenters. The van der Waals surface area contributed by atoms with Gasteiger partial charge in [0.15, 0.2) is 0 Å². The van der Waals surface area contributed by atoms with Gasteiger partial charge in [-0.25, -0.2) is 0 Å². The van der Waals surface area contributed by atoms with Crippen LogP contribution in [0.25, 0.3) is 6.08 Å². The van der Waals surface area contributed by atoms with E-state index in [0.717, 1.165) is 36.3 Å². The summed E-state index contributed by atoms with van der Waals surface area (Å²) in [5.74, 6) is 0. The van der Waals surface area contributed by atoms with Gasteiger partial charge in [0.2, 0.25) is 0 Å². The van der Waals surface area contributed by atoms with Crippen LogP contribution in [0.4, 0.5) is 0 Å². The second-order valence-electron chi connectivity index (χ2n) is 4.11. The maximum atomic E-state index is 6.05. The minimum absolute atomic E-state index is 0.730. The van der Waals surface area contributed by atoms with E-state index in [2.05, 4.69) is 29.5 Å². The highest BCUT2D eigenvalue weighted by Crippen LogP contribution is 2.19. The van der Waals surface area contributed by atoms with E-state index in [4.69, 9.17) is 11.6 Å². The Morgan fingerprint density at radius 1 is 1.62 bits per heavy atom. The number of nitrogens with one attached hydrogen (secondary N) is 1. The Kier molecular flexibility index (Phi) is 4.02. The van der Waals surface area contributed by atoms with Crippen molar-refractivity contribution in [3.63, 3.8) is 0 Å². The van der Waals surface area contributed by atoms with Crippen molar-refractivity contribution >= 4 is 17.7 Å². The van der Waals surface area contributed by atoms with Crippen LogP contribution in [0.1, 0.15) is 31.9 Å². The molecule has 16 heavy (non-hydrogen) atoms. The zero-order chi connectivity index (χ0) is 11.4. The molecule has 1 aliphatic rings. The standard InChI is InChI=1S/C12H18ClN3/c1-2-16-12(11(13)9-15-16)5-3-4-8-14-10-6-7-10/h3,5,9-10,14H,2,4,6-8H2,1H3/b5-3+. The summed E-state index contributed by atoms with van der Waals surface area (Å²) in [6.07, 6.45) is 9.66. The fraction of sp³-hybridized carbons (Fsp3) is 0.583. The van der Waals surface area contributed by atoms with Crippen molar-refractivity contribution in [3.8, 4) is 0 Å². The van der Waals surface area contributed by atoms with Crippen LogP contribution in [0.5, 0.6) is 0 Å². The molecule has 0 aliphatic heterocycles. The molecule has 0 amide bonds. The number of hydrogen-bond donors (Lipinski definition) is 1. The zero-order valence-corrected chi connectivity index (χ0v) is 10.4. The van der Waals surface area contributed by atoms with Crippen LogP contribution in [0.2, 0.25) is 5.02 Å². The third-order valence-electron chi connectivity index (χ3n) is 2.73. The average Bonchev–Trinajstić information content (AvgIpc) is 3.04. The van der Waals surface area contributed by atoms with E-state index in [0.29, 0.717) is 0 Å². The average molecular weight is 240 g/mol. The van der Waals surface area contributed by atoms with Gasteiger partial charge in [-0.1, -0.05) is 17.7 Å². The molecule has 4 heteroatoms. The predicted molar refractivity (Wildman–Crippen MR) is 67.6 cm³/mol. The summed E-state index contributed by atoms with van der Waals surface area (Å²) in [4.78, 5) is 0. The highest BCUT2D eigenvalue weighted by molar-refractivity contribution is 6.31. The van der Waals surface area contributed by atoms with Crippen molar-refractivity contribution in [1.82, 2.24) is 15.1 Å². The minimum atomic E-state index is 0.730. The van der Waals surface area contributed by atoms with Crippen LogP contribution in [0.15, 0.2) is 12.3 Å². The Bertz CT molecular complexity index is 366. The van der Waals surface area contributed by atoms with Gasteiger partial charge in [0.1, 0.15) is 0 Å². The molecule has 0 saturated heterocycles. The molecular formula is C12H18ClN3. The van der Waals surface area contributed by atoms with E-state index in [1.807, 2.05) is 4.68 Å². The SMILES string of the molecule is CCn1ncc(Cl)c1/C=C/CCNC1CC1. The van der Waals surface area contributed by atoms with Gasteiger partial charge in [-0.05, 0) is 38.8 Å². The summed E-state index contributed by atoms with van der Waals surface area (Å²) in [7, 11) is 0. The minimum Gasteiger partial charge on any atom is -0.314 e. The molecule has 1 fully saturated rings. The molecule has 2 rings (SSSR count). The monoisotopic (exact) mass is 239 g/mol. The van der Waals surface area contributed by atoms with Crippen molar-refractivity contribution in [2.24, 2.45) is 0 Å². The Morgan fingerprint density at radius 3 is 3.12 bits per heavy atom. The topological polar surface area (TPSA) is 29.9 Å². The van der Waals surface area contributed by atoms with Gasteiger partial charge >= 0.3 is 0 Å². The van der Waals surface area contributed by atoms with Gasteiger partial charge in [0.25, 0.3) is 0 Å². The summed E-state index contributed by atoms with van der Waals surface area (Å²) in [5.41, 5.74) is 1.01. The number of aromatic nitrogens is 2. The van der Waals surface area contributed by atoms with Crippen LogP contribution in [-0.2, 0) is 6.54 Å². The molecule has 88 valence electrons. The third-order valence-corrected chi connectivity index (χ3v) is 3.02. The quantitative estimate of drug-likeness (QED) is 0.774. The predicted octanol–water partition coefficient (Wildman–Crippen LogP) is 2.71. The van der Waals surface area contributed by atoms with Crippen LogP contribution in [0.3, 0.4) is 0 Å². The van der Waals surface area contributed by atoms with Gasteiger partial charge in [-0.3, -0.25) is 4.68 Å². The van der Waals surface area contributed by atoms with Gasteiger partial charge in [0.05, 0.1) is 16.9 Å². The summed E-state index contributed by atoms with van der Waals surface area (Å²) in [6, 6.07) is 0.790. The largest absolute Gasteiger partial charge is 0.314 e. The first-order chi connectivity index (χ1) is 7.81. The van der Waals surface area contributed by atoms with Gasteiger partial charge in [-0.15, -0.1) is 0 Å². The van der Waals surface area contributed by atoms with Crippen molar-refractivity contribution < 1.29 is 0 Å². The van der Waals surface area contributed by atoms with Crippen molar-refractivity contribution in [3.05, 3.63) is 23.0 Å². The fourth-order valence-corrected chi connectivity index (χ4v) is 1.85. The second kappa shape index (κ2) is 5.51. The number of halogens is 1.